The molecule has 0 aromatic heterocycles. The van der Waals surface area contributed by atoms with Gasteiger partial charge in [0.15, 0.2) is 5.92 Å². The maximum absolute atomic E-state index is 12.6. The first-order valence-electron chi connectivity index (χ1n) is 8.23. The third-order valence-electron chi connectivity index (χ3n) is 4.16. The average Bonchev–Trinajstić information content (AvgIpc) is 2.62. The quantitative estimate of drug-likeness (QED) is 0.646. The van der Waals surface area contributed by atoms with Crippen LogP contribution in [0.2, 0.25) is 5.02 Å². The number of rotatable bonds is 3. The van der Waals surface area contributed by atoms with Crippen LogP contribution < -0.4 is 5.32 Å². The third-order valence-corrected chi connectivity index (χ3v) is 4.41. The topological polar surface area (TPSA) is 80.2 Å². The minimum Gasteiger partial charge on any atom is -0.465 e. The zero-order valence-electron chi connectivity index (χ0n) is 13.9. The molecule has 0 radical (unpaired) electrons. The van der Waals surface area contributed by atoms with Crippen molar-refractivity contribution >= 4 is 29.4 Å². The smallest absolute Gasteiger partial charge is 0.321 e. The standard InChI is InChI=1S/C17H20ClN3O4/c1-2-25-16(23)13-14(11-3-5-12(18)6-4-11)19-17(20-15(13)22)21-7-9-24-10-8-21/h3-6,13-14H,2,7-10H2,1H3,(H,19,20,22). The van der Waals surface area contributed by atoms with Crippen LogP contribution in [0, 0.1) is 5.92 Å². The number of morpholine rings is 1. The van der Waals surface area contributed by atoms with Gasteiger partial charge in [-0.05, 0) is 24.6 Å². The number of hydrogen-bond acceptors (Lipinski definition) is 6. The van der Waals surface area contributed by atoms with Crippen molar-refractivity contribution in [3.05, 3.63) is 34.9 Å². The molecule has 8 heteroatoms. The van der Waals surface area contributed by atoms with E-state index in [0.29, 0.717) is 37.3 Å². The summed E-state index contributed by atoms with van der Waals surface area (Å²) in [5.41, 5.74) is 0.739. The van der Waals surface area contributed by atoms with Gasteiger partial charge in [-0.2, -0.15) is 0 Å². The summed E-state index contributed by atoms with van der Waals surface area (Å²) in [7, 11) is 0. The lowest BCUT2D eigenvalue weighted by Gasteiger charge is -2.35. The summed E-state index contributed by atoms with van der Waals surface area (Å²) in [5.74, 6) is -1.54. The Morgan fingerprint density at radius 3 is 2.68 bits per heavy atom. The largest absolute Gasteiger partial charge is 0.465 e. The minimum absolute atomic E-state index is 0.204. The number of halogens is 1. The number of amides is 1. The number of nitrogens with zero attached hydrogens (tertiary/aromatic N) is 2. The first-order chi connectivity index (χ1) is 12.1. The zero-order chi connectivity index (χ0) is 17.8. The van der Waals surface area contributed by atoms with E-state index >= 15 is 0 Å². The minimum atomic E-state index is -1.02. The number of guanidine groups is 1. The van der Waals surface area contributed by atoms with Gasteiger partial charge in [0.1, 0.15) is 6.04 Å². The summed E-state index contributed by atoms with van der Waals surface area (Å²) in [6.07, 6.45) is 0. The highest BCUT2D eigenvalue weighted by Gasteiger charge is 2.42. The van der Waals surface area contributed by atoms with Crippen molar-refractivity contribution in [1.29, 1.82) is 0 Å². The Morgan fingerprint density at radius 1 is 1.36 bits per heavy atom. The van der Waals surface area contributed by atoms with E-state index in [1.807, 2.05) is 4.90 Å². The Labute approximate surface area is 150 Å². The molecule has 2 heterocycles. The number of ether oxygens (including phenoxy) is 2. The molecule has 0 bridgehead atoms. The fourth-order valence-electron chi connectivity index (χ4n) is 2.90. The Hall–Kier alpha value is -2.12. The summed E-state index contributed by atoms with van der Waals surface area (Å²) in [6.45, 7) is 4.32. The fraction of sp³-hybridized carbons (Fsp3) is 0.471. The molecule has 1 aromatic carbocycles. The van der Waals surface area contributed by atoms with Crippen molar-refractivity contribution in [2.45, 2.75) is 13.0 Å². The molecule has 134 valence electrons. The number of benzene rings is 1. The van der Waals surface area contributed by atoms with Crippen LogP contribution in [0.5, 0.6) is 0 Å². The Kier molecular flexibility index (Phi) is 5.55. The van der Waals surface area contributed by atoms with Crippen LogP contribution in [0.3, 0.4) is 0 Å². The molecule has 1 saturated heterocycles. The summed E-state index contributed by atoms with van der Waals surface area (Å²) in [4.78, 5) is 31.6. The SMILES string of the molecule is CCOC(=O)C1C(=O)NC(N2CCOCC2)=NC1c1ccc(Cl)cc1. The fourth-order valence-corrected chi connectivity index (χ4v) is 3.03. The van der Waals surface area contributed by atoms with Gasteiger partial charge >= 0.3 is 5.97 Å². The summed E-state index contributed by atoms with van der Waals surface area (Å²) in [5, 5.41) is 3.32. The lowest BCUT2D eigenvalue weighted by atomic mass is 9.91. The number of hydrogen-bond donors (Lipinski definition) is 1. The Morgan fingerprint density at radius 2 is 2.04 bits per heavy atom. The number of carbonyl (C=O) groups excluding carboxylic acids is 2. The third kappa shape index (κ3) is 3.93. The van der Waals surface area contributed by atoms with Gasteiger partial charge in [0.05, 0.1) is 19.8 Å². The number of nitrogens with one attached hydrogen (secondary N) is 1. The Bertz CT molecular complexity index is 671. The molecule has 2 aliphatic rings. The molecule has 1 fully saturated rings. The lowest BCUT2D eigenvalue weighted by molar-refractivity contribution is -0.153. The number of aliphatic imine (C=N–C) groups is 1. The molecule has 1 aromatic rings. The molecule has 1 amide bonds. The van der Waals surface area contributed by atoms with E-state index in [-0.39, 0.29) is 6.61 Å². The van der Waals surface area contributed by atoms with Gasteiger partial charge in [-0.15, -0.1) is 0 Å². The summed E-state index contributed by atoms with van der Waals surface area (Å²) >= 11 is 5.95. The van der Waals surface area contributed by atoms with Crippen molar-refractivity contribution in [3.63, 3.8) is 0 Å². The normalized spacial score (nSPS) is 23.7. The second-order valence-electron chi connectivity index (χ2n) is 5.77. The molecule has 2 unspecified atom stereocenters. The van der Waals surface area contributed by atoms with E-state index in [2.05, 4.69) is 10.3 Å². The molecule has 1 N–H and O–H groups in total. The van der Waals surface area contributed by atoms with Crippen LogP contribution in [0.4, 0.5) is 0 Å². The van der Waals surface area contributed by atoms with Crippen LogP contribution in [0.25, 0.3) is 0 Å². The van der Waals surface area contributed by atoms with Gasteiger partial charge < -0.3 is 14.4 Å². The van der Waals surface area contributed by atoms with Gasteiger partial charge in [0.2, 0.25) is 11.9 Å². The summed E-state index contributed by atoms with van der Waals surface area (Å²) in [6, 6.07) is 6.34. The van der Waals surface area contributed by atoms with Crippen LogP contribution in [-0.4, -0.2) is 55.6 Å². The van der Waals surface area contributed by atoms with E-state index in [1.165, 1.54) is 0 Å². The van der Waals surface area contributed by atoms with Gasteiger partial charge in [-0.25, -0.2) is 4.99 Å². The maximum atomic E-state index is 12.6. The highest BCUT2D eigenvalue weighted by Crippen LogP contribution is 2.31. The molecule has 2 aliphatic heterocycles. The molecule has 0 aliphatic carbocycles. The van der Waals surface area contributed by atoms with Crippen LogP contribution >= 0.6 is 11.6 Å². The van der Waals surface area contributed by atoms with Gasteiger partial charge in [0, 0.05) is 18.1 Å². The molecule has 0 saturated carbocycles. The lowest BCUT2D eigenvalue weighted by Crippen LogP contribution is -2.55. The van der Waals surface area contributed by atoms with Gasteiger partial charge in [-0.3, -0.25) is 14.9 Å². The van der Waals surface area contributed by atoms with Crippen molar-refractivity contribution in [2.75, 3.05) is 32.9 Å². The van der Waals surface area contributed by atoms with E-state index in [0.717, 1.165) is 5.56 Å². The first-order valence-corrected chi connectivity index (χ1v) is 8.61. The highest BCUT2D eigenvalue weighted by atomic mass is 35.5. The number of carbonyl (C=O) groups is 2. The van der Waals surface area contributed by atoms with Gasteiger partial charge in [0.25, 0.3) is 0 Å². The predicted molar refractivity (Wildman–Crippen MR) is 92.3 cm³/mol. The van der Waals surface area contributed by atoms with Crippen molar-refractivity contribution in [2.24, 2.45) is 10.9 Å². The average molecular weight is 366 g/mol. The van der Waals surface area contributed by atoms with Crippen LogP contribution in [0.1, 0.15) is 18.5 Å². The van der Waals surface area contributed by atoms with E-state index < -0.39 is 23.8 Å². The van der Waals surface area contributed by atoms with Crippen LogP contribution in [0.15, 0.2) is 29.3 Å². The van der Waals surface area contributed by atoms with Crippen molar-refractivity contribution in [3.8, 4) is 0 Å². The highest BCUT2D eigenvalue weighted by molar-refractivity contribution is 6.30. The molecule has 2 atom stereocenters. The van der Waals surface area contributed by atoms with Crippen LogP contribution in [-0.2, 0) is 19.1 Å². The molecular weight excluding hydrogens is 346 g/mol. The van der Waals surface area contributed by atoms with E-state index in [1.54, 1.807) is 31.2 Å². The van der Waals surface area contributed by atoms with E-state index in [4.69, 9.17) is 21.1 Å². The Balaban J connectivity index is 1.95. The maximum Gasteiger partial charge on any atom is 0.321 e. The summed E-state index contributed by atoms with van der Waals surface area (Å²) < 4.78 is 10.4. The second-order valence-corrected chi connectivity index (χ2v) is 6.20. The number of esters is 1. The van der Waals surface area contributed by atoms with E-state index in [9.17, 15) is 9.59 Å². The molecule has 25 heavy (non-hydrogen) atoms. The predicted octanol–water partition coefficient (Wildman–Crippen LogP) is 1.38. The monoisotopic (exact) mass is 365 g/mol. The second kappa shape index (κ2) is 7.84. The van der Waals surface area contributed by atoms with Crippen molar-refractivity contribution in [1.82, 2.24) is 10.2 Å². The molecule has 3 rings (SSSR count). The molecule has 7 nitrogen and oxygen atoms in total. The molecule has 0 spiro atoms. The first kappa shape index (κ1) is 17.7. The molecular formula is C17H20ClN3O4. The van der Waals surface area contributed by atoms with Crippen molar-refractivity contribution < 1.29 is 19.1 Å². The van der Waals surface area contributed by atoms with Gasteiger partial charge in [-0.1, -0.05) is 23.7 Å². The zero-order valence-corrected chi connectivity index (χ0v) is 14.7.